The summed E-state index contributed by atoms with van der Waals surface area (Å²) in [5.74, 6) is 1.28. The molecule has 0 unspecified atom stereocenters. The summed E-state index contributed by atoms with van der Waals surface area (Å²) >= 11 is 0. The van der Waals surface area contributed by atoms with E-state index in [4.69, 9.17) is 4.74 Å². The van der Waals surface area contributed by atoms with Gasteiger partial charge in [0.2, 0.25) is 5.91 Å². The third-order valence-electron chi connectivity index (χ3n) is 5.96. The molecule has 2 N–H and O–H groups in total. The molecule has 0 bridgehead atoms. The molecule has 3 aromatic rings. The summed E-state index contributed by atoms with van der Waals surface area (Å²) in [6.07, 6.45) is 4.49. The summed E-state index contributed by atoms with van der Waals surface area (Å²) in [4.78, 5) is 33.1. The predicted molar refractivity (Wildman–Crippen MR) is 117 cm³/mol. The van der Waals surface area contributed by atoms with Gasteiger partial charge in [-0.25, -0.2) is 4.98 Å². The maximum absolute atomic E-state index is 13.0. The Balaban J connectivity index is 1.45. The van der Waals surface area contributed by atoms with E-state index in [1.165, 1.54) is 0 Å². The lowest BCUT2D eigenvalue weighted by molar-refractivity contribution is -0.126. The summed E-state index contributed by atoms with van der Waals surface area (Å²) in [6, 6.07) is 15.2. The molecular weight excluding hydrogens is 378 g/mol. The van der Waals surface area contributed by atoms with Crippen molar-refractivity contribution in [3.63, 3.8) is 0 Å². The van der Waals surface area contributed by atoms with Crippen molar-refractivity contribution in [3.05, 3.63) is 70.3 Å². The van der Waals surface area contributed by atoms with Gasteiger partial charge >= 0.3 is 0 Å². The van der Waals surface area contributed by atoms with E-state index in [9.17, 15) is 9.59 Å². The monoisotopic (exact) mass is 405 g/mol. The topological polar surface area (TPSA) is 84.1 Å². The van der Waals surface area contributed by atoms with Crippen LogP contribution < -0.4 is 15.6 Å². The first-order valence-corrected chi connectivity index (χ1v) is 10.6. The molecule has 1 fully saturated rings. The summed E-state index contributed by atoms with van der Waals surface area (Å²) in [5, 5.41) is 3.67. The Kier molecular flexibility index (Phi) is 6.12. The minimum Gasteiger partial charge on any atom is -0.497 e. The van der Waals surface area contributed by atoms with Crippen LogP contribution in [0.5, 0.6) is 5.75 Å². The van der Waals surface area contributed by atoms with Crippen molar-refractivity contribution in [3.8, 4) is 5.75 Å². The highest BCUT2D eigenvalue weighted by atomic mass is 16.5. The van der Waals surface area contributed by atoms with Crippen LogP contribution in [0.15, 0.2) is 53.3 Å². The van der Waals surface area contributed by atoms with Gasteiger partial charge in [-0.05, 0) is 49.1 Å². The number of benzene rings is 2. The Morgan fingerprint density at radius 1 is 1.13 bits per heavy atom. The van der Waals surface area contributed by atoms with E-state index >= 15 is 0 Å². The van der Waals surface area contributed by atoms with Gasteiger partial charge in [-0.2, -0.15) is 0 Å². The summed E-state index contributed by atoms with van der Waals surface area (Å²) in [7, 11) is 1.65. The van der Waals surface area contributed by atoms with Gasteiger partial charge in [-0.3, -0.25) is 9.59 Å². The molecule has 1 aliphatic rings. The molecule has 0 aliphatic heterocycles. The zero-order valence-corrected chi connectivity index (χ0v) is 17.2. The lowest BCUT2D eigenvalue weighted by Crippen LogP contribution is -2.37. The number of para-hydroxylation sites is 1. The van der Waals surface area contributed by atoms with Crippen molar-refractivity contribution in [1.82, 2.24) is 15.3 Å². The third-order valence-corrected chi connectivity index (χ3v) is 5.96. The highest BCUT2D eigenvalue weighted by Crippen LogP contribution is 2.36. The number of amides is 1. The number of fused-ring (bicyclic) bond motifs is 1. The number of carbonyl (C=O) groups is 1. The highest BCUT2D eigenvalue weighted by molar-refractivity contribution is 5.80. The van der Waals surface area contributed by atoms with Crippen LogP contribution in [0.25, 0.3) is 10.9 Å². The van der Waals surface area contributed by atoms with E-state index in [-0.39, 0.29) is 23.3 Å². The molecule has 1 heterocycles. The van der Waals surface area contributed by atoms with Crippen LogP contribution in [-0.2, 0) is 11.2 Å². The second-order valence-electron chi connectivity index (χ2n) is 7.85. The summed E-state index contributed by atoms with van der Waals surface area (Å²) < 4.78 is 5.18. The van der Waals surface area contributed by atoms with Crippen molar-refractivity contribution < 1.29 is 9.53 Å². The first-order valence-electron chi connectivity index (χ1n) is 10.6. The lowest BCUT2D eigenvalue weighted by atomic mass is 9.78. The number of methoxy groups -OCH3 is 1. The Bertz CT molecular complexity index is 1070. The van der Waals surface area contributed by atoms with Gasteiger partial charge in [0, 0.05) is 18.4 Å². The van der Waals surface area contributed by atoms with Gasteiger partial charge in [0.1, 0.15) is 11.6 Å². The smallest absolute Gasteiger partial charge is 0.258 e. The molecular formula is C24H27N3O3. The number of nitrogens with one attached hydrogen (secondary N) is 2. The number of hydrogen-bond donors (Lipinski definition) is 2. The molecule has 1 aliphatic carbocycles. The Labute approximate surface area is 175 Å². The van der Waals surface area contributed by atoms with Crippen LogP contribution in [0.3, 0.4) is 0 Å². The zero-order chi connectivity index (χ0) is 20.9. The number of ether oxygens (including phenoxy) is 1. The molecule has 6 nitrogen and oxygen atoms in total. The average molecular weight is 405 g/mol. The largest absolute Gasteiger partial charge is 0.497 e. The van der Waals surface area contributed by atoms with E-state index < -0.39 is 0 Å². The van der Waals surface area contributed by atoms with Crippen molar-refractivity contribution in [2.45, 2.75) is 38.0 Å². The quantitative estimate of drug-likeness (QED) is 0.657. The van der Waals surface area contributed by atoms with Crippen LogP contribution in [-0.4, -0.2) is 29.5 Å². The van der Waals surface area contributed by atoms with Gasteiger partial charge in [0.05, 0.1) is 18.0 Å². The van der Waals surface area contributed by atoms with E-state index in [2.05, 4.69) is 15.3 Å². The standard InChI is InChI=1S/C24H27N3O3/c1-30-17-12-10-16(11-13-17)14-15-25-23(28)19-7-3-2-6-18(19)22-26-21-9-5-4-8-20(21)24(29)27-22/h4-5,8-13,18-19H,2-3,6-7,14-15H2,1H3,(H,25,28)(H,26,27,29)/t18-,19+/m1/s1. The maximum Gasteiger partial charge on any atom is 0.258 e. The average Bonchev–Trinajstić information content (AvgIpc) is 2.79. The fourth-order valence-electron chi connectivity index (χ4n) is 4.31. The maximum atomic E-state index is 13.0. The number of H-pyrrole nitrogens is 1. The molecule has 156 valence electrons. The number of carbonyl (C=O) groups excluding carboxylic acids is 1. The van der Waals surface area contributed by atoms with Gasteiger partial charge in [-0.1, -0.05) is 37.1 Å². The van der Waals surface area contributed by atoms with Gasteiger partial charge in [0.25, 0.3) is 5.56 Å². The number of rotatable bonds is 6. The second-order valence-corrected chi connectivity index (χ2v) is 7.85. The molecule has 2 aromatic carbocycles. The van der Waals surface area contributed by atoms with Gasteiger partial charge < -0.3 is 15.0 Å². The first-order chi connectivity index (χ1) is 14.7. The second kappa shape index (κ2) is 9.11. The predicted octanol–water partition coefficient (Wildman–Crippen LogP) is 3.56. The lowest BCUT2D eigenvalue weighted by Gasteiger charge is -2.30. The molecule has 0 radical (unpaired) electrons. The van der Waals surface area contributed by atoms with Crippen molar-refractivity contribution in [2.75, 3.05) is 13.7 Å². The number of aromatic amines is 1. The molecule has 0 spiro atoms. The molecule has 4 rings (SSSR count). The van der Waals surface area contributed by atoms with E-state index in [0.717, 1.165) is 43.4 Å². The minimum atomic E-state index is -0.168. The highest BCUT2D eigenvalue weighted by Gasteiger charge is 2.33. The van der Waals surface area contributed by atoms with Crippen LogP contribution >= 0.6 is 0 Å². The fraction of sp³-hybridized carbons (Fsp3) is 0.375. The van der Waals surface area contributed by atoms with E-state index in [1.54, 1.807) is 13.2 Å². The van der Waals surface area contributed by atoms with Crippen molar-refractivity contribution in [1.29, 1.82) is 0 Å². The molecule has 1 aromatic heterocycles. The molecule has 6 heteroatoms. The molecule has 1 amide bonds. The third kappa shape index (κ3) is 4.37. The van der Waals surface area contributed by atoms with Gasteiger partial charge in [0.15, 0.2) is 0 Å². The van der Waals surface area contributed by atoms with Crippen LogP contribution in [0.4, 0.5) is 0 Å². The van der Waals surface area contributed by atoms with Crippen molar-refractivity contribution in [2.24, 2.45) is 5.92 Å². The number of nitrogens with zero attached hydrogens (tertiary/aromatic N) is 1. The first kappa shape index (κ1) is 20.1. The Morgan fingerprint density at radius 2 is 1.90 bits per heavy atom. The summed E-state index contributed by atoms with van der Waals surface area (Å²) in [5.41, 5.74) is 1.69. The molecule has 0 saturated heterocycles. The Morgan fingerprint density at radius 3 is 2.70 bits per heavy atom. The SMILES string of the molecule is COc1ccc(CCNC(=O)[C@H]2CCCC[C@H]2c2nc3ccccc3c(=O)[nH]2)cc1. The number of aromatic nitrogens is 2. The van der Waals surface area contributed by atoms with Crippen molar-refractivity contribution >= 4 is 16.8 Å². The molecule has 1 saturated carbocycles. The summed E-state index contributed by atoms with van der Waals surface area (Å²) in [6.45, 7) is 0.579. The fourth-order valence-corrected chi connectivity index (χ4v) is 4.31. The Hall–Kier alpha value is -3.15. The van der Waals surface area contributed by atoms with Crippen LogP contribution in [0, 0.1) is 5.92 Å². The van der Waals surface area contributed by atoms with Gasteiger partial charge in [-0.15, -0.1) is 0 Å². The molecule has 30 heavy (non-hydrogen) atoms. The zero-order valence-electron chi connectivity index (χ0n) is 17.2. The van der Waals surface area contributed by atoms with E-state index in [1.807, 2.05) is 42.5 Å². The molecule has 2 atom stereocenters. The number of hydrogen-bond acceptors (Lipinski definition) is 4. The van der Waals surface area contributed by atoms with Crippen LogP contribution in [0.2, 0.25) is 0 Å². The minimum absolute atomic E-state index is 0.0454. The van der Waals surface area contributed by atoms with Crippen LogP contribution in [0.1, 0.15) is 43.0 Å². The normalized spacial score (nSPS) is 18.8. The van der Waals surface area contributed by atoms with E-state index in [0.29, 0.717) is 23.3 Å².